The fourth-order valence-corrected chi connectivity index (χ4v) is 4.66. The molecule has 2 aliphatic carbocycles. The lowest BCUT2D eigenvalue weighted by Crippen LogP contribution is -2.14. The Labute approximate surface area is 166 Å². The molecule has 2 atom stereocenters. The normalized spacial score (nSPS) is 19.6. The van der Waals surface area contributed by atoms with Crippen LogP contribution in [0.1, 0.15) is 49.1 Å². The highest BCUT2D eigenvalue weighted by Gasteiger charge is 2.43. The lowest BCUT2D eigenvalue weighted by atomic mass is 9.87. The van der Waals surface area contributed by atoms with Crippen LogP contribution in [0.5, 0.6) is 11.5 Å². The minimum absolute atomic E-state index is 0.308. The molecule has 0 amide bonds. The first-order valence-corrected chi connectivity index (χ1v) is 9.71. The standard InChI is InChI=1S/C22H19BrO4/c1-4-17(24)26-20-15-8-7-14(23)10-16(15)21(27-22(25)11(2)3)19-13-6-5-12(9-13)18(19)20/h4,7-8,10,12-13H,1-2,5-6,9H2,3H3. The highest BCUT2D eigenvalue weighted by atomic mass is 79.9. The number of halogens is 1. The molecule has 2 aromatic carbocycles. The van der Waals surface area contributed by atoms with E-state index in [9.17, 15) is 9.59 Å². The molecule has 27 heavy (non-hydrogen) atoms. The molecule has 0 heterocycles. The predicted octanol–water partition coefficient (Wildman–Crippen LogP) is 5.54. The van der Waals surface area contributed by atoms with Gasteiger partial charge in [0.25, 0.3) is 0 Å². The van der Waals surface area contributed by atoms with E-state index in [-0.39, 0.29) is 0 Å². The van der Waals surface area contributed by atoms with Gasteiger partial charge in [-0.25, -0.2) is 9.59 Å². The molecule has 0 N–H and O–H groups in total. The molecule has 1 saturated carbocycles. The average molecular weight is 427 g/mol. The SMILES string of the molecule is C=CC(=O)Oc1c2c(c(OC(=O)C(=C)C)c3cc(Br)ccc13)C1CCC2C1. The summed E-state index contributed by atoms with van der Waals surface area (Å²) in [4.78, 5) is 24.3. The molecular formula is C22H19BrO4. The third-order valence-electron chi connectivity index (χ3n) is 5.41. The topological polar surface area (TPSA) is 52.6 Å². The van der Waals surface area contributed by atoms with Crippen LogP contribution in [0.2, 0.25) is 0 Å². The van der Waals surface area contributed by atoms with Gasteiger partial charge < -0.3 is 9.47 Å². The summed E-state index contributed by atoms with van der Waals surface area (Å²) in [7, 11) is 0. The molecule has 2 bridgehead atoms. The van der Waals surface area contributed by atoms with E-state index < -0.39 is 11.9 Å². The molecule has 0 aliphatic heterocycles. The summed E-state index contributed by atoms with van der Waals surface area (Å²) in [5.74, 6) is 0.822. The van der Waals surface area contributed by atoms with Crippen molar-refractivity contribution in [3.63, 3.8) is 0 Å². The van der Waals surface area contributed by atoms with Crippen molar-refractivity contribution in [1.29, 1.82) is 0 Å². The lowest BCUT2D eigenvalue weighted by molar-refractivity contribution is -0.130. The molecule has 138 valence electrons. The summed E-state index contributed by atoms with van der Waals surface area (Å²) in [5, 5.41) is 1.50. The minimum Gasteiger partial charge on any atom is -0.422 e. The summed E-state index contributed by atoms with van der Waals surface area (Å²) < 4.78 is 12.3. The van der Waals surface area contributed by atoms with Crippen LogP contribution in [0, 0.1) is 0 Å². The second-order valence-corrected chi connectivity index (χ2v) is 8.09. The fraction of sp³-hybridized carbons (Fsp3) is 0.273. The van der Waals surface area contributed by atoms with E-state index in [1.165, 1.54) is 6.08 Å². The van der Waals surface area contributed by atoms with Crippen molar-refractivity contribution < 1.29 is 19.1 Å². The third kappa shape index (κ3) is 2.90. The maximum atomic E-state index is 12.3. The van der Waals surface area contributed by atoms with E-state index in [1.54, 1.807) is 6.92 Å². The van der Waals surface area contributed by atoms with Gasteiger partial charge in [-0.15, -0.1) is 0 Å². The van der Waals surface area contributed by atoms with Crippen molar-refractivity contribution in [3.05, 3.63) is 58.6 Å². The van der Waals surface area contributed by atoms with E-state index in [1.807, 2.05) is 18.2 Å². The van der Waals surface area contributed by atoms with E-state index >= 15 is 0 Å². The zero-order valence-electron chi connectivity index (χ0n) is 15.0. The number of rotatable bonds is 4. The monoisotopic (exact) mass is 426 g/mol. The van der Waals surface area contributed by atoms with Gasteiger partial charge in [0.05, 0.1) is 0 Å². The van der Waals surface area contributed by atoms with Crippen molar-refractivity contribution in [3.8, 4) is 11.5 Å². The van der Waals surface area contributed by atoms with E-state index in [4.69, 9.17) is 9.47 Å². The Kier molecular flexibility index (Phi) is 4.42. The van der Waals surface area contributed by atoms with E-state index in [0.717, 1.165) is 45.6 Å². The number of hydrogen-bond donors (Lipinski definition) is 0. The van der Waals surface area contributed by atoms with Crippen molar-refractivity contribution in [1.82, 2.24) is 0 Å². The number of carbonyl (C=O) groups is 2. The molecule has 4 rings (SSSR count). The van der Waals surface area contributed by atoms with Gasteiger partial charge in [-0.05, 0) is 56.2 Å². The maximum Gasteiger partial charge on any atom is 0.338 e. The fourth-order valence-electron chi connectivity index (χ4n) is 4.30. The van der Waals surface area contributed by atoms with Crippen LogP contribution in [0.15, 0.2) is 47.5 Å². The molecule has 1 fully saturated rings. The Balaban J connectivity index is 2.04. The molecule has 5 heteroatoms. The van der Waals surface area contributed by atoms with Crippen LogP contribution in [0.4, 0.5) is 0 Å². The van der Waals surface area contributed by atoms with Crippen LogP contribution in [-0.2, 0) is 9.59 Å². The highest BCUT2D eigenvalue weighted by Crippen LogP contribution is 2.61. The summed E-state index contributed by atoms with van der Waals surface area (Å²) in [6.45, 7) is 8.83. The summed E-state index contributed by atoms with van der Waals surface area (Å²) >= 11 is 3.49. The Hall–Kier alpha value is -2.40. The van der Waals surface area contributed by atoms with Crippen molar-refractivity contribution in [2.75, 3.05) is 0 Å². The third-order valence-corrected chi connectivity index (χ3v) is 5.91. The predicted molar refractivity (Wildman–Crippen MR) is 107 cm³/mol. The average Bonchev–Trinajstić information content (AvgIpc) is 3.25. The largest absolute Gasteiger partial charge is 0.422 e. The number of fused-ring (bicyclic) bond motifs is 6. The van der Waals surface area contributed by atoms with Gasteiger partial charge in [0.2, 0.25) is 0 Å². The zero-order chi connectivity index (χ0) is 19.3. The first-order chi connectivity index (χ1) is 12.9. The Morgan fingerprint density at radius 2 is 1.74 bits per heavy atom. The number of ether oxygens (including phenoxy) is 2. The molecule has 2 aliphatic rings. The van der Waals surface area contributed by atoms with Crippen LogP contribution < -0.4 is 9.47 Å². The number of hydrogen-bond acceptors (Lipinski definition) is 4. The molecule has 2 unspecified atom stereocenters. The summed E-state index contributed by atoms with van der Waals surface area (Å²) in [5.41, 5.74) is 2.34. The van der Waals surface area contributed by atoms with Crippen LogP contribution in [0.3, 0.4) is 0 Å². The molecule has 0 aromatic heterocycles. The van der Waals surface area contributed by atoms with Gasteiger partial charge in [0.1, 0.15) is 11.5 Å². The van der Waals surface area contributed by atoms with Gasteiger partial charge in [-0.3, -0.25) is 0 Å². The van der Waals surface area contributed by atoms with Crippen molar-refractivity contribution in [2.24, 2.45) is 0 Å². The highest BCUT2D eigenvalue weighted by molar-refractivity contribution is 9.10. The van der Waals surface area contributed by atoms with E-state index in [0.29, 0.717) is 28.9 Å². The van der Waals surface area contributed by atoms with Crippen molar-refractivity contribution in [2.45, 2.75) is 38.0 Å². The van der Waals surface area contributed by atoms with Gasteiger partial charge in [0, 0.05) is 38.0 Å². The van der Waals surface area contributed by atoms with Crippen LogP contribution >= 0.6 is 15.9 Å². The van der Waals surface area contributed by atoms with Crippen LogP contribution in [-0.4, -0.2) is 11.9 Å². The molecule has 4 nitrogen and oxygen atoms in total. The Morgan fingerprint density at radius 1 is 1.11 bits per heavy atom. The molecule has 0 spiro atoms. The molecule has 2 aromatic rings. The maximum absolute atomic E-state index is 12.3. The number of benzene rings is 2. The smallest absolute Gasteiger partial charge is 0.338 e. The lowest BCUT2D eigenvalue weighted by Gasteiger charge is -2.24. The Morgan fingerprint density at radius 3 is 2.33 bits per heavy atom. The zero-order valence-corrected chi connectivity index (χ0v) is 16.6. The summed E-state index contributed by atoms with van der Waals surface area (Å²) in [6, 6.07) is 5.67. The van der Waals surface area contributed by atoms with Gasteiger partial charge >= 0.3 is 11.9 Å². The quantitative estimate of drug-likeness (QED) is 0.365. The number of esters is 2. The van der Waals surface area contributed by atoms with Crippen LogP contribution in [0.25, 0.3) is 10.8 Å². The van der Waals surface area contributed by atoms with Gasteiger partial charge in [-0.2, -0.15) is 0 Å². The second kappa shape index (κ2) is 6.64. The van der Waals surface area contributed by atoms with Crippen molar-refractivity contribution >= 4 is 38.6 Å². The first-order valence-electron chi connectivity index (χ1n) is 8.91. The number of carbonyl (C=O) groups excluding carboxylic acids is 2. The van der Waals surface area contributed by atoms with E-state index in [2.05, 4.69) is 29.1 Å². The second-order valence-electron chi connectivity index (χ2n) is 7.18. The summed E-state index contributed by atoms with van der Waals surface area (Å²) in [6.07, 6.45) is 4.25. The molecule has 0 saturated heterocycles. The van der Waals surface area contributed by atoms with Gasteiger partial charge in [-0.1, -0.05) is 29.1 Å². The molecular weight excluding hydrogens is 408 g/mol. The molecule has 0 radical (unpaired) electrons. The van der Waals surface area contributed by atoms with Gasteiger partial charge in [0.15, 0.2) is 0 Å². The minimum atomic E-state index is -0.490. The first kappa shape index (κ1) is 18.0. The Bertz CT molecular complexity index is 1020.